The maximum atomic E-state index is 10.2. The van der Waals surface area contributed by atoms with E-state index in [1.165, 1.54) is 25.7 Å². The predicted octanol–water partition coefficient (Wildman–Crippen LogP) is 1.94. The largest absolute Gasteiger partial charge is 0.393 e. The predicted molar refractivity (Wildman–Crippen MR) is 69.0 cm³/mol. The second-order valence-electron chi connectivity index (χ2n) is 5.91. The van der Waals surface area contributed by atoms with Gasteiger partial charge in [0.15, 0.2) is 0 Å². The molecule has 1 saturated heterocycles. The van der Waals surface area contributed by atoms with Crippen molar-refractivity contribution in [2.45, 2.75) is 64.1 Å². The van der Waals surface area contributed by atoms with Crippen molar-refractivity contribution in [2.75, 3.05) is 13.2 Å². The molecule has 1 saturated carbocycles. The van der Waals surface area contributed by atoms with Crippen LogP contribution in [-0.4, -0.2) is 36.5 Å². The quantitative estimate of drug-likeness (QED) is 0.793. The van der Waals surface area contributed by atoms with Crippen LogP contribution in [0.2, 0.25) is 0 Å². The number of rotatable bonds is 3. The van der Waals surface area contributed by atoms with Crippen LogP contribution in [0.25, 0.3) is 0 Å². The Hall–Kier alpha value is -0.120. The van der Waals surface area contributed by atoms with E-state index in [0.717, 1.165) is 25.6 Å². The number of morpholine rings is 1. The van der Waals surface area contributed by atoms with Gasteiger partial charge in [-0.05, 0) is 32.1 Å². The van der Waals surface area contributed by atoms with Gasteiger partial charge in [0.1, 0.15) is 0 Å². The fourth-order valence-electron chi connectivity index (χ4n) is 3.46. The SMILES string of the molecule is CCCC1CCC(O)C(C2COCC(C)N2)C1. The molecular formula is C14H27NO2. The van der Waals surface area contributed by atoms with Gasteiger partial charge < -0.3 is 15.2 Å². The third kappa shape index (κ3) is 3.43. The maximum absolute atomic E-state index is 10.2. The standard InChI is InChI=1S/C14H27NO2/c1-3-4-11-5-6-14(16)12(7-11)13-9-17-8-10(2)15-13/h10-16H,3-9H2,1-2H3. The van der Waals surface area contributed by atoms with Gasteiger partial charge >= 0.3 is 0 Å². The van der Waals surface area contributed by atoms with E-state index >= 15 is 0 Å². The Morgan fingerprint density at radius 3 is 2.82 bits per heavy atom. The van der Waals surface area contributed by atoms with Gasteiger partial charge in [0, 0.05) is 18.0 Å². The summed E-state index contributed by atoms with van der Waals surface area (Å²) in [5.74, 6) is 1.20. The number of aliphatic hydroxyl groups excluding tert-OH is 1. The Labute approximate surface area is 105 Å². The van der Waals surface area contributed by atoms with Crippen molar-refractivity contribution in [2.24, 2.45) is 11.8 Å². The topological polar surface area (TPSA) is 41.5 Å². The highest BCUT2D eigenvalue weighted by Gasteiger charge is 2.36. The first-order valence-electron chi connectivity index (χ1n) is 7.22. The average Bonchev–Trinajstić information content (AvgIpc) is 2.32. The van der Waals surface area contributed by atoms with Crippen molar-refractivity contribution in [3.05, 3.63) is 0 Å². The second-order valence-corrected chi connectivity index (χ2v) is 5.91. The van der Waals surface area contributed by atoms with Crippen LogP contribution in [0.3, 0.4) is 0 Å². The minimum atomic E-state index is -0.130. The summed E-state index contributed by atoms with van der Waals surface area (Å²) >= 11 is 0. The molecular weight excluding hydrogens is 214 g/mol. The van der Waals surface area contributed by atoms with Gasteiger partial charge in [0.25, 0.3) is 0 Å². The average molecular weight is 241 g/mol. The molecule has 0 aromatic heterocycles. The molecule has 2 N–H and O–H groups in total. The van der Waals surface area contributed by atoms with Crippen LogP contribution < -0.4 is 5.32 Å². The fraction of sp³-hybridized carbons (Fsp3) is 1.00. The molecule has 2 fully saturated rings. The van der Waals surface area contributed by atoms with Crippen molar-refractivity contribution in [3.8, 4) is 0 Å². The minimum Gasteiger partial charge on any atom is -0.393 e. The Bertz CT molecular complexity index is 234. The van der Waals surface area contributed by atoms with Crippen LogP contribution >= 0.6 is 0 Å². The second kappa shape index (κ2) is 6.17. The number of nitrogens with one attached hydrogen (secondary N) is 1. The van der Waals surface area contributed by atoms with Crippen molar-refractivity contribution < 1.29 is 9.84 Å². The third-order valence-electron chi connectivity index (χ3n) is 4.35. The Morgan fingerprint density at radius 1 is 1.29 bits per heavy atom. The number of hydrogen-bond acceptors (Lipinski definition) is 3. The lowest BCUT2D eigenvalue weighted by Crippen LogP contribution is -2.54. The van der Waals surface area contributed by atoms with Crippen LogP contribution in [-0.2, 0) is 4.74 Å². The van der Waals surface area contributed by atoms with Gasteiger partial charge in [0.05, 0.1) is 19.3 Å². The minimum absolute atomic E-state index is 0.130. The lowest BCUT2D eigenvalue weighted by Gasteiger charge is -2.41. The van der Waals surface area contributed by atoms with E-state index in [0.29, 0.717) is 18.0 Å². The molecule has 1 aliphatic heterocycles. The normalized spacial score (nSPS) is 43.6. The first-order chi connectivity index (χ1) is 8.20. The number of hydrogen-bond donors (Lipinski definition) is 2. The van der Waals surface area contributed by atoms with Crippen molar-refractivity contribution in [1.29, 1.82) is 0 Å². The zero-order valence-electron chi connectivity index (χ0n) is 11.2. The van der Waals surface area contributed by atoms with Gasteiger partial charge in [-0.15, -0.1) is 0 Å². The summed E-state index contributed by atoms with van der Waals surface area (Å²) in [7, 11) is 0. The lowest BCUT2D eigenvalue weighted by molar-refractivity contribution is -0.0287. The monoisotopic (exact) mass is 241 g/mol. The van der Waals surface area contributed by atoms with Gasteiger partial charge in [-0.25, -0.2) is 0 Å². The van der Waals surface area contributed by atoms with E-state index in [-0.39, 0.29) is 6.10 Å². The van der Waals surface area contributed by atoms with Gasteiger partial charge in [-0.1, -0.05) is 19.8 Å². The maximum Gasteiger partial charge on any atom is 0.0624 e. The van der Waals surface area contributed by atoms with E-state index in [1.807, 2.05) is 0 Å². The van der Waals surface area contributed by atoms with Crippen LogP contribution in [0.5, 0.6) is 0 Å². The summed E-state index contributed by atoms with van der Waals surface area (Å²) < 4.78 is 5.62. The summed E-state index contributed by atoms with van der Waals surface area (Å²) in [5.41, 5.74) is 0. The summed E-state index contributed by atoms with van der Waals surface area (Å²) in [6.07, 6.45) is 5.79. The fourth-order valence-corrected chi connectivity index (χ4v) is 3.46. The van der Waals surface area contributed by atoms with E-state index in [9.17, 15) is 5.11 Å². The van der Waals surface area contributed by atoms with E-state index in [4.69, 9.17) is 4.74 Å². The van der Waals surface area contributed by atoms with Crippen LogP contribution in [0.4, 0.5) is 0 Å². The molecule has 5 unspecified atom stereocenters. The van der Waals surface area contributed by atoms with Crippen molar-refractivity contribution in [1.82, 2.24) is 5.32 Å². The van der Waals surface area contributed by atoms with Gasteiger partial charge in [-0.2, -0.15) is 0 Å². The van der Waals surface area contributed by atoms with Crippen molar-refractivity contribution >= 4 is 0 Å². The highest BCUT2D eigenvalue weighted by Crippen LogP contribution is 2.34. The number of aliphatic hydroxyl groups is 1. The van der Waals surface area contributed by atoms with Crippen molar-refractivity contribution in [3.63, 3.8) is 0 Å². The third-order valence-corrected chi connectivity index (χ3v) is 4.35. The first-order valence-corrected chi connectivity index (χ1v) is 7.22. The molecule has 2 aliphatic rings. The molecule has 3 heteroatoms. The van der Waals surface area contributed by atoms with Crippen LogP contribution in [0.1, 0.15) is 46.0 Å². The Morgan fingerprint density at radius 2 is 2.12 bits per heavy atom. The smallest absolute Gasteiger partial charge is 0.0624 e. The van der Waals surface area contributed by atoms with E-state index in [1.54, 1.807) is 0 Å². The molecule has 0 aromatic carbocycles. The molecule has 1 aliphatic carbocycles. The molecule has 3 nitrogen and oxygen atoms in total. The summed E-state index contributed by atoms with van der Waals surface area (Å²) in [4.78, 5) is 0. The molecule has 5 atom stereocenters. The molecule has 0 bridgehead atoms. The molecule has 0 spiro atoms. The van der Waals surface area contributed by atoms with E-state index < -0.39 is 0 Å². The molecule has 100 valence electrons. The molecule has 0 radical (unpaired) electrons. The molecule has 0 aromatic rings. The summed E-state index contributed by atoms with van der Waals surface area (Å²) in [5, 5.41) is 13.8. The van der Waals surface area contributed by atoms with Gasteiger partial charge in [-0.3, -0.25) is 0 Å². The highest BCUT2D eigenvalue weighted by atomic mass is 16.5. The molecule has 2 rings (SSSR count). The molecule has 1 heterocycles. The van der Waals surface area contributed by atoms with E-state index in [2.05, 4.69) is 19.2 Å². The van der Waals surface area contributed by atoms with Crippen LogP contribution in [0.15, 0.2) is 0 Å². The van der Waals surface area contributed by atoms with Gasteiger partial charge in [0.2, 0.25) is 0 Å². The number of ether oxygens (including phenoxy) is 1. The van der Waals surface area contributed by atoms with Crippen LogP contribution in [0, 0.1) is 11.8 Å². The lowest BCUT2D eigenvalue weighted by atomic mass is 9.74. The highest BCUT2D eigenvalue weighted by molar-refractivity contribution is 4.90. The molecule has 17 heavy (non-hydrogen) atoms. The zero-order valence-corrected chi connectivity index (χ0v) is 11.2. The Kier molecular flexibility index (Phi) is 4.83. The molecule has 0 amide bonds. The summed E-state index contributed by atoms with van der Waals surface area (Å²) in [6.45, 7) is 5.98. The Balaban J connectivity index is 1.92. The first kappa shape index (κ1) is 13.3. The zero-order chi connectivity index (χ0) is 12.3. The summed E-state index contributed by atoms with van der Waals surface area (Å²) in [6, 6.07) is 0.779.